The van der Waals surface area contributed by atoms with Gasteiger partial charge in [0.15, 0.2) is 0 Å². The second-order valence-corrected chi connectivity index (χ2v) is 3.44. The number of hydrogen-bond donors (Lipinski definition) is 1. The van der Waals surface area contributed by atoms with Crippen LogP contribution in [0.2, 0.25) is 0 Å². The average molecular weight is 192 g/mol. The SMILES string of the molecule is C[C@@H](O)[C@H]1CCCN1C(=O)CCl. The Balaban J connectivity index is 2.57. The number of aliphatic hydroxyl groups is 1. The summed E-state index contributed by atoms with van der Waals surface area (Å²) in [4.78, 5) is 12.9. The van der Waals surface area contributed by atoms with Crippen LogP contribution in [0.3, 0.4) is 0 Å². The van der Waals surface area contributed by atoms with E-state index in [0.29, 0.717) is 0 Å². The van der Waals surface area contributed by atoms with E-state index < -0.39 is 6.10 Å². The fraction of sp³-hybridized carbons (Fsp3) is 0.875. The third-order valence-corrected chi connectivity index (χ3v) is 2.52. The summed E-state index contributed by atoms with van der Waals surface area (Å²) in [6.45, 7) is 2.45. The van der Waals surface area contributed by atoms with Crippen molar-refractivity contribution in [2.24, 2.45) is 0 Å². The van der Waals surface area contributed by atoms with Crippen LogP contribution >= 0.6 is 11.6 Å². The van der Waals surface area contributed by atoms with Gasteiger partial charge in [-0.1, -0.05) is 0 Å². The molecule has 1 saturated heterocycles. The Labute approximate surface area is 77.3 Å². The summed E-state index contributed by atoms with van der Waals surface area (Å²) >= 11 is 5.43. The van der Waals surface area contributed by atoms with E-state index >= 15 is 0 Å². The number of aliphatic hydroxyl groups excluding tert-OH is 1. The van der Waals surface area contributed by atoms with E-state index in [1.54, 1.807) is 11.8 Å². The molecular weight excluding hydrogens is 178 g/mol. The predicted molar refractivity (Wildman–Crippen MR) is 47.1 cm³/mol. The van der Waals surface area contributed by atoms with Crippen molar-refractivity contribution in [2.45, 2.75) is 31.9 Å². The van der Waals surface area contributed by atoms with Gasteiger partial charge in [0.25, 0.3) is 0 Å². The van der Waals surface area contributed by atoms with Gasteiger partial charge in [0.1, 0.15) is 5.88 Å². The van der Waals surface area contributed by atoms with Crippen molar-refractivity contribution in [2.75, 3.05) is 12.4 Å². The largest absolute Gasteiger partial charge is 0.391 e. The molecule has 1 aliphatic rings. The van der Waals surface area contributed by atoms with Crippen molar-refractivity contribution in [1.29, 1.82) is 0 Å². The molecule has 0 aliphatic carbocycles. The Bertz CT molecular complexity index is 172. The highest BCUT2D eigenvalue weighted by molar-refractivity contribution is 6.27. The number of carbonyl (C=O) groups excluding carboxylic acids is 1. The maximum absolute atomic E-state index is 11.2. The molecule has 1 fully saturated rings. The number of alkyl halides is 1. The van der Waals surface area contributed by atoms with Gasteiger partial charge in [0, 0.05) is 6.54 Å². The van der Waals surface area contributed by atoms with E-state index in [2.05, 4.69) is 0 Å². The Morgan fingerprint density at radius 1 is 1.83 bits per heavy atom. The highest BCUT2D eigenvalue weighted by Gasteiger charge is 2.30. The molecule has 0 aromatic carbocycles. The Hall–Kier alpha value is -0.280. The van der Waals surface area contributed by atoms with Gasteiger partial charge in [-0.15, -0.1) is 11.6 Å². The minimum atomic E-state index is -0.445. The minimum Gasteiger partial charge on any atom is -0.391 e. The first-order chi connectivity index (χ1) is 5.66. The predicted octanol–water partition coefficient (Wildman–Crippen LogP) is 0.597. The van der Waals surface area contributed by atoms with Crippen molar-refractivity contribution < 1.29 is 9.90 Å². The summed E-state index contributed by atoms with van der Waals surface area (Å²) in [5.74, 6) is -0.0523. The van der Waals surface area contributed by atoms with Crippen LogP contribution in [0.25, 0.3) is 0 Å². The zero-order chi connectivity index (χ0) is 9.14. The van der Waals surface area contributed by atoms with Gasteiger partial charge in [-0.2, -0.15) is 0 Å². The standard InChI is InChI=1S/C8H14ClNO2/c1-6(11)7-3-2-4-10(7)8(12)5-9/h6-7,11H,2-5H2,1H3/t6-,7-/m1/s1. The molecule has 2 atom stereocenters. The molecule has 4 heteroatoms. The van der Waals surface area contributed by atoms with Crippen molar-refractivity contribution in [1.82, 2.24) is 4.90 Å². The van der Waals surface area contributed by atoms with Crippen LogP contribution in [0.4, 0.5) is 0 Å². The van der Waals surface area contributed by atoms with E-state index in [9.17, 15) is 9.90 Å². The first kappa shape index (κ1) is 9.81. The van der Waals surface area contributed by atoms with Crippen molar-refractivity contribution in [3.63, 3.8) is 0 Å². The second kappa shape index (κ2) is 4.10. The molecule has 0 aromatic rings. The molecule has 12 heavy (non-hydrogen) atoms. The van der Waals surface area contributed by atoms with Gasteiger partial charge in [-0.05, 0) is 19.8 Å². The summed E-state index contributed by atoms with van der Waals surface area (Å²) in [7, 11) is 0. The second-order valence-electron chi connectivity index (χ2n) is 3.17. The lowest BCUT2D eigenvalue weighted by Gasteiger charge is -2.25. The first-order valence-electron chi connectivity index (χ1n) is 4.20. The molecule has 0 bridgehead atoms. The summed E-state index contributed by atoms with van der Waals surface area (Å²) in [5, 5.41) is 9.33. The number of hydrogen-bond acceptors (Lipinski definition) is 2. The van der Waals surface area contributed by atoms with E-state index in [0.717, 1.165) is 19.4 Å². The van der Waals surface area contributed by atoms with Crippen LogP contribution in [-0.4, -0.2) is 40.5 Å². The third-order valence-electron chi connectivity index (χ3n) is 2.29. The van der Waals surface area contributed by atoms with Crippen molar-refractivity contribution >= 4 is 17.5 Å². The van der Waals surface area contributed by atoms with Gasteiger partial charge in [0.2, 0.25) is 5.91 Å². The summed E-state index contributed by atoms with van der Waals surface area (Å²) < 4.78 is 0. The van der Waals surface area contributed by atoms with E-state index in [1.165, 1.54) is 0 Å². The van der Waals surface area contributed by atoms with Crippen molar-refractivity contribution in [3.05, 3.63) is 0 Å². The highest BCUT2D eigenvalue weighted by Crippen LogP contribution is 2.20. The highest BCUT2D eigenvalue weighted by atomic mass is 35.5. The van der Waals surface area contributed by atoms with Crippen LogP contribution in [0.5, 0.6) is 0 Å². The quantitative estimate of drug-likeness (QED) is 0.650. The molecular formula is C8H14ClNO2. The molecule has 1 aliphatic heterocycles. The van der Waals surface area contributed by atoms with E-state index in [4.69, 9.17) is 11.6 Å². The molecule has 1 rings (SSSR count). The lowest BCUT2D eigenvalue weighted by molar-refractivity contribution is -0.131. The Morgan fingerprint density at radius 3 is 3.00 bits per heavy atom. The third kappa shape index (κ3) is 1.90. The number of likely N-dealkylation sites (tertiary alicyclic amines) is 1. The monoisotopic (exact) mass is 191 g/mol. The number of nitrogens with zero attached hydrogens (tertiary/aromatic N) is 1. The van der Waals surface area contributed by atoms with E-state index in [1.807, 2.05) is 0 Å². The van der Waals surface area contributed by atoms with Gasteiger partial charge in [-0.3, -0.25) is 4.79 Å². The molecule has 0 unspecified atom stereocenters. The summed E-state index contributed by atoms with van der Waals surface area (Å²) in [5.41, 5.74) is 0. The Kier molecular flexibility index (Phi) is 3.35. The number of amides is 1. The average Bonchev–Trinajstić information content (AvgIpc) is 2.50. The van der Waals surface area contributed by atoms with Crippen LogP contribution in [0.1, 0.15) is 19.8 Å². The normalized spacial score (nSPS) is 25.9. The van der Waals surface area contributed by atoms with Crippen LogP contribution in [0, 0.1) is 0 Å². The fourth-order valence-electron chi connectivity index (χ4n) is 1.68. The van der Waals surface area contributed by atoms with Gasteiger partial charge < -0.3 is 10.0 Å². The first-order valence-corrected chi connectivity index (χ1v) is 4.73. The molecule has 0 saturated carbocycles. The van der Waals surface area contributed by atoms with Gasteiger partial charge >= 0.3 is 0 Å². The topological polar surface area (TPSA) is 40.5 Å². The van der Waals surface area contributed by atoms with Gasteiger partial charge in [-0.25, -0.2) is 0 Å². The molecule has 1 amide bonds. The lowest BCUT2D eigenvalue weighted by atomic mass is 10.1. The minimum absolute atomic E-state index is 0.0171. The maximum Gasteiger partial charge on any atom is 0.237 e. The molecule has 1 heterocycles. The fourth-order valence-corrected chi connectivity index (χ4v) is 1.83. The summed E-state index contributed by atoms with van der Waals surface area (Å²) in [6.07, 6.45) is 1.41. The zero-order valence-corrected chi connectivity index (χ0v) is 7.92. The molecule has 3 nitrogen and oxygen atoms in total. The molecule has 0 aromatic heterocycles. The van der Waals surface area contributed by atoms with Crippen LogP contribution in [0.15, 0.2) is 0 Å². The van der Waals surface area contributed by atoms with Gasteiger partial charge in [0.05, 0.1) is 12.1 Å². The molecule has 1 N–H and O–H groups in total. The lowest BCUT2D eigenvalue weighted by Crippen LogP contribution is -2.42. The zero-order valence-electron chi connectivity index (χ0n) is 7.16. The summed E-state index contributed by atoms with van der Waals surface area (Å²) in [6, 6.07) is -0.0174. The van der Waals surface area contributed by atoms with Crippen LogP contribution in [-0.2, 0) is 4.79 Å². The van der Waals surface area contributed by atoms with E-state index in [-0.39, 0.29) is 17.8 Å². The number of halogens is 1. The Morgan fingerprint density at radius 2 is 2.50 bits per heavy atom. The van der Waals surface area contributed by atoms with Crippen LogP contribution < -0.4 is 0 Å². The smallest absolute Gasteiger partial charge is 0.237 e. The molecule has 0 spiro atoms. The molecule has 70 valence electrons. The van der Waals surface area contributed by atoms with Crippen molar-refractivity contribution in [3.8, 4) is 0 Å². The maximum atomic E-state index is 11.2. The molecule has 0 radical (unpaired) electrons. The number of rotatable bonds is 2. The number of carbonyl (C=O) groups is 1.